The van der Waals surface area contributed by atoms with Crippen LogP contribution in [0.15, 0.2) is 42.9 Å². The minimum Gasteiger partial charge on any atom is -0.369 e. The van der Waals surface area contributed by atoms with Crippen molar-refractivity contribution in [3.05, 3.63) is 60.2 Å². The minimum absolute atomic E-state index is 0.108. The molecule has 138 valence electrons. The van der Waals surface area contributed by atoms with Gasteiger partial charge in [0.15, 0.2) is 5.82 Å². The van der Waals surface area contributed by atoms with Gasteiger partial charge >= 0.3 is 0 Å². The lowest BCUT2D eigenvalue weighted by Gasteiger charge is -2.41. The van der Waals surface area contributed by atoms with Crippen LogP contribution < -0.4 is 11.1 Å². The Kier molecular flexibility index (Phi) is 4.31. The lowest BCUT2D eigenvalue weighted by atomic mass is 9.66. The van der Waals surface area contributed by atoms with Crippen LogP contribution in [-0.2, 0) is 5.41 Å². The van der Waals surface area contributed by atoms with Gasteiger partial charge in [-0.2, -0.15) is 0 Å². The maximum Gasteiger partial charge on any atom is 0.284 e. The number of H-pyrrole nitrogens is 1. The number of amides is 1. The number of nitrogens with one attached hydrogen (secondary N) is 2. The summed E-state index contributed by atoms with van der Waals surface area (Å²) in [5.41, 5.74) is 6.88. The summed E-state index contributed by atoms with van der Waals surface area (Å²) in [6.45, 7) is 0.573. The molecule has 0 bridgehead atoms. The molecule has 8 heteroatoms. The summed E-state index contributed by atoms with van der Waals surface area (Å²) < 4.78 is 14.2. The number of pyridine rings is 2. The van der Waals surface area contributed by atoms with Crippen LogP contribution in [0.1, 0.15) is 35.6 Å². The molecule has 0 radical (unpaired) electrons. The summed E-state index contributed by atoms with van der Waals surface area (Å²) in [7, 11) is 0. The van der Waals surface area contributed by atoms with Crippen LogP contribution in [0.25, 0.3) is 11.3 Å². The summed E-state index contributed by atoms with van der Waals surface area (Å²) >= 11 is 0. The second-order valence-corrected chi connectivity index (χ2v) is 6.76. The number of imidazole rings is 1. The first kappa shape index (κ1) is 17.1. The lowest BCUT2D eigenvalue weighted by molar-refractivity contribution is 0.0991. The van der Waals surface area contributed by atoms with E-state index >= 15 is 0 Å². The van der Waals surface area contributed by atoms with Gasteiger partial charge in [-0.25, -0.2) is 14.4 Å². The van der Waals surface area contributed by atoms with Crippen LogP contribution in [0.5, 0.6) is 0 Å². The molecule has 0 aliphatic heterocycles. The fourth-order valence-electron chi connectivity index (χ4n) is 3.39. The molecule has 0 aromatic carbocycles. The van der Waals surface area contributed by atoms with Gasteiger partial charge in [0.1, 0.15) is 11.6 Å². The molecule has 1 saturated carbocycles. The Morgan fingerprint density at radius 2 is 2.07 bits per heavy atom. The quantitative estimate of drug-likeness (QED) is 0.621. The Labute approximate surface area is 155 Å². The van der Waals surface area contributed by atoms with E-state index in [0.29, 0.717) is 23.8 Å². The molecule has 27 heavy (non-hydrogen) atoms. The number of aromatic amines is 1. The maximum atomic E-state index is 14.2. The Hall–Kier alpha value is -3.29. The molecule has 1 amide bonds. The predicted octanol–water partition coefficient (Wildman–Crippen LogP) is 2.64. The number of carbonyl (C=O) groups is 1. The summed E-state index contributed by atoms with van der Waals surface area (Å²) in [5, 5.41) is 3.30. The number of halogens is 1. The molecule has 4 rings (SSSR count). The first-order chi connectivity index (χ1) is 13.1. The fraction of sp³-hybridized carbons (Fsp3) is 0.263. The molecule has 1 aliphatic carbocycles. The first-order valence-corrected chi connectivity index (χ1v) is 8.73. The third kappa shape index (κ3) is 3.25. The van der Waals surface area contributed by atoms with Gasteiger partial charge in [-0.1, -0.05) is 6.42 Å². The highest BCUT2D eigenvalue weighted by Gasteiger charge is 2.41. The van der Waals surface area contributed by atoms with E-state index in [1.807, 2.05) is 12.1 Å². The molecule has 7 nitrogen and oxygen atoms in total. The maximum absolute atomic E-state index is 14.2. The monoisotopic (exact) mass is 366 g/mol. The molecule has 1 fully saturated rings. The molecule has 0 saturated heterocycles. The number of anilines is 1. The molecule has 4 N–H and O–H groups in total. The van der Waals surface area contributed by atoms with Gasteiger partial charge in [-0.15, -0.1) is 0 Å². The highest BCUT2D eigenvalue weighted by atomic mass is 19.1. The van der Waals surface area contributed by atoms with Gasteiger partial charge in [-0.05, 0) is 37.1 Å². The largest absolute Gasteiger partial charge is 0.369 e. The number of hydrogen-bond donors (Lipinski definition) is 3. The number of carbonyl (C=O) groups excluding carboxylic acids is 1. The summed E-state index contributed by atoms with van der Waals surface area (Å²) in [6, 6.07) is 6.77. The molecule has 1 aliphatic rings. The van der Waals surface area contributed by atoms with Crippen molar-refractivity contribution in [3.63, 3.8) is 0 Å². The average molecular weight is 366 g/mol. The fourth-order valence-corrected chi connectivity index (χ4v) is 3.39. The van der Waals surface area contributed by atoms with E-state index in [0.717, 1.165) is 24.8 Å². The molecule has 0 spiro atoms. The van der Waals surface area contributed by atoms with E-state index < -0.39 is 5.91 Å². The van der Waals surface area contributed by atoms with Crippen molar-refractivity contribution in [2.45, 2.75) is 24.7 Å². The van der Waals surface area contributed by atoms with E-state index in [1.165, 1.54) is 12.3 Å². The SMILES string of the molecule is NC(=O)c1ncc(-c2ccc(NCC3(c4ncccc4F)CCC3)nc2)[nH]1. The van der Waals surface area contributed by atoms with Crippen LogP contribution in [-0.4, -0.2) is 32.4 Å². The average Bonchev–Trinajstić information content (AvgIpc) is 3.13. The van der Waals surface area contributed by atoms with E-state index in [9.17, 15) is 9.18 Å². The highest BCUT2D eigenvalue weighted by molar-refractivity contribution is 5.89. The summed E-state index contributed by atoms with van der Waals surface area (Å²) in [5.74, 6) is -0.0700. The molecule has 0 atom stereocenters. The van der Waals surface area contributed by atoms with Gasteiger partial charge in [0.25, 0.3) is 5.91 Å². The number of rotatable bonds is 6. The Morgan fingerprint density at radius 1 is 1.22 bits per heavy atom. The third-order valence-corrected chi connectivity index (χ3v) is 5.06. The van der Waals surface area contributed by atoms with Gasteiger partial charge in [0, 0.05) is 29.9 Å². The molecule has 3 aromatic rings. The summed E-state index contributed by atoms with van der Waals surface area (Å²) in [6.07, 6.45) is 7.71. The smallest absolute Gasteiger partial charge is 0.284 e. The molecule has 3 aromatic heterocycles. The number of hydrogen-bond acceptors (Lipinski definition) is 5. The Morgan fingerprint density at radius 3 is 2.67 bits per heavy atom. The van der Waals surface area contributed by atoms with E-state index in [4.69, 9.17) is 5.73 Å². The van der Waals surface area contributed by atoms with Crippen molar-refractivity contribution in [1.82, 2.24) is 19.9 Å². The number of nitrogens with two attached hydrogens (primary N) is 1. The van der Waals surface area contributed by atoms with E-state index in [1.54, 1.807) is 18.5 Å². The van der Waals surface area contributed by atoms with E-state index in [2.05, 4.69) is 25.3 Å². The van der Waals surface area contributed by atoms with Crippen molar-refractivity contribution in [1.29, 1.82) is 0 Å². The Balaban J connectivity index is 1.47. The van der Waals surface area contributed by atoms with Crippen LogP contribution in [0.3, 0.4) is 0 Å². The second kappa shape index (κ2) is 6.79. The zero-order chi connectivity index (χ0) is 18.9. The number of nitrogens with zero attached hydrogens (tertiary/aromatic N) is 3. The highest BCUT2D eigenvalue weighted by Crippen LogP contribution is 2.43. The van der Waals surface area contributed by atoms with Crippen LogP contribution in [0, 0.1) is 5.82 Å². The van der Waals surface area contributed by atoms with Gasteiger partial charge in [0.2, 0.25) is 0 Å². The number of primary amides is 1. The third-order valence-electron chi connectivity index (χ3n) is 5.06. The molecular formula is C19H19FN6O. The van der Waals surface area contributed by atoms with Crippen LogP contribution in [0.4, 0.5) is 10.2 Å². The van der Waals surface area contributed by atoms with E-state index in [-0.39, 0.29) is 17.1 Å². The lowest BCUT2D eigenvalue weighted by Crippen LogP contribution is -2.42. The Bertz CT molecular complexity index is 964. The molecular weight excluding hydrogens is 347 g/mol. The van der Waals surface area contributed by atoms with Crippen molar-refractivity contribution in [3.8, 4) is 11.3 Å². The van der Waals surface area contributed by atoms with Gasteiger partial charge < -0.3 is 16.0 Å². The van der Waals surface area contributed by atoms with Gasteiger partial charge in [-0.3, -0.25) is 9.78 Å². The minimum atomic E-state index is -0.611. The predicted molar refractivity (Wildman–Crippen MR) is 98.6 cm³/mol. The number of aromatic nitrogens is 4. The molecule has 3 heterocycles. The zero-order valence-electron chi connectivity index (χ0n) is 14.6. The zero-order valence-corrected chi connectivity index (χ0v) is 14.6. The van der Waals surface area contributed by atoms with Crippen molar-refractivity contribution in [2.24, 2.45) is 5.73 Å². The van der Waals surface area contributed by atoms with Gasteiger partial charge in [0.05, 0.1) is 17.6 Å². The van der Waals surface area contributed by atoms with Crippen molar-refractivity contribution in [2.75, 3.05) is 11.9 Å². The van der Waals surface area contributed by atoms with Crippen LogP contribution >= 0.6 is 0 Å². The normalized spacial score (nSPS) is 15.1. The van der Waals surface area contributed by atoms with Crippen LogP contribution in [0.2, 0.25) is 0 Å². The summed E-state index contributed by atoms with van der Waals surface area (Å²) in [4.78, 5) is 26.6. The topological polar surface area (TPSA) is 110 Å². The molecule has 0 unspecified atom stereocenters. The van der Waals surface area contributed by atoms with Crippen molar-refractivity contribution >= 4 is 11.7 Å². The second-order valence-electron chi connectivity index (χ2n) is 6.76. The standard InChI is InChI=1S/C19H19FN6O/c20-13-3-1-8-22-16(13)19(6-2-7-19)11-25-15-5-4-12(9-23-15)14-10-24-18(26-14)17(21)27/h1,3-5,8-10H,2,6-7,11H2,(H2,21,27)(H,23,25)(H,24,26). The van der Waals surface area contributed by atoms with Crippen molar-refractivity contribution < 1.29 is 9.18 Å². The first-order valence-electron chi connectivity index (χ1n) is 8.73.